The van der Waals surface area contributed by atoms with Crippen LogP contribution in [0.4, 0.5) is 0 Å². The summed E-state index contributed by atoms with van der Waals surface area (Å²) in [4.78, 5) is 0. The van der Waals surface area contributed by atoms with Gasteiger partial charge in [0.2, 0.25) is 0 Å². The van der Waals surface area contributed by atoms with Gasteiger partial charge in [-0.1, -0.05) is 43.6 Å². The van der Waals surface area contributed by atoms with E-state index in [-0.39, 0.29) is 11.3 Å². The van der Waals surface area contributed by atoms with Crippen molar-refractivity contribution in [3.05, 3.63) is 29.8 Å². The lowest BCUT2D eigenvalue weighted by atomic mass is 9.75. The van der Waals surface area contributed by atoms with Gasteiger partial charge >= 0.3 is 0 Å². The lowest BCUT2D eigenvalue weighted by Gasteiger charge is -2.32. The van der Waals surface area contributed by atoms with Gasteiger partial charge in [-0.2, -0.15) is 22.8 Å². The average Bonchev–Trinajstić information content (AvgIpc) is 2.27. The van der Waals surface area contributed by atoms with Gasteiger partial charge in [-0.15, -0.1) is 0 Å². The fraction of sp³-hybridized carbons (Fsp3) is 0.385. The molecule has 1 aromatic rings. The van der Waals surface area contributed by atoms with E-state index in [0.29, 0.717) is 0 Å². The molecule has 0 saturated carbocycles. The molecule has 1 heterocycles. The van der Waals surface area contributed by atoms with Gasteiger partial charge in [0.1, 0.15) is 7.85 Å². The zero-order valence-electron chi connectivity index (χ0n) is 10.1. The minimum Gasteiger partial charge on any atom is -0.179 e. The van der Waals surface area contributed by atoms with Gasteiger partial charge in [-0.25, -0.2) is 0 Å². The van der Waals surface area contributed by atoms with E-state index in [9.17, 15) is 0 Å². The van der Waals surface area contributed by atoms with Crippen molar-refractivity contribution in [2.45, 2.75) is 13.8 Å². The summed E-state index contributed by atoms with van der Waals surface area (Å²) in [5.74, 6) is 0.997. The van der Waals surface area contributed by atoms with Crippen LogP contribution in [0.1, 0.15) is 19.4 Å². The normalized spacial score (nSPS) is 22.3. The van der Waals surface area contributed by atoms with E-state index in [1.54, 1.807) is 0 Å². The van der Waals surface area contributed by atoms with Gasteiger partial charge in [0.05, 0.1) is 5.71 Å². The van der Waals surface area contributed by atoms with Crippen molar-refractivity contribution in [3.8, 4) is 0 Å². The second-order valence-electron chi connectivity index (χ2n) is 4.91. The number of hydrogen-bond donors (Lipinski definition) is 1. The summed E-state index contributed by atoms with van der Waals surface area (Å²) < 4.78 is 0. The van der Waals surface area contributed by atoms with E-state index in [4.69, 9.17) is 7.85 Å². The molecule has 1 atom stereocenters. The Bertz CT molecular complexity index is 480. The number of hydrogen-bond acceptors (Lipinski definition) is 3. The number of thiol groups is 1. The number of nitrogens with zero attached hydrogens (tertiary/aromatic N) is 2. The zero-order chi connectivity index (χ0) is 12.5. The lowest BCUT2D eigenvalue weighted by Crippen LogP contribution is -2.36. The Hall–Kier alpha value is -1.03. The Morgan fingerprint density at radius 1 is 1.41 bits per heavy atom. The van der Waals surface area contributed by atoms with Crippen LogP contribution in [0.5, 0.6) is 0 Å². The Kier molecular flexibility index (Phi) is 3.43. The van der Waals surface area contributed by atoms with E-state index in [1.807, 2.05) is 30.5 Å². The van der Waals surface area contributed by atoms with Crippen LogP contribution in [-0.4, -0.2) is 25.5 Å². The van der Waals surface area contributed by atoms with Crippen LogP contribution in [0.2, 0.25) is 0 Å². The highest BCUT2D eigenvalue weighted by molar-refractivity contribution is 7.80. The van der Waals surface area contributed by atoms with Crippen LogP contribution in [0.15, 0.2) is 34.5 Å². The van der Waals surface area contributed by atoms with E-state index < -0.39 is 0 Å². The Morgan fingerprint density at radius 3 is 2.82 bits per heavy atom. The fourth-order valence-electron chi connectivity index (χ4n) is 2.03. The molecule has 1 aliphatic heterocycles. The van der Waals surface area contributed by atoms with Crippen molar-refractivity contribution in [1.29, 1.82) is 0 Å². The van der Waals surface area contributed by atoms with Gasteiger partial charge in [0.15, 0.2) is 0 Å². The van der Waals surface area contributed by atoms with Crippen LogP contribution in [0.25, 0.3) is 0 Å². The largest absolute Gasteiger partial charge is 0.179 e. The Morgan fingerprint density at radius 2 is 2.18 bits per heavy atom. The average molecular weight is 242 g/mol. The molecule has 1 aromatic carbocycles. The van der Waals surface area contributed by atoms with E-state index >= 15 is 0 Å². The first-order chi connectivity index (χ1) is 8.04. The van der Waals surface area contributed by atoms with Crippen molar-refractivity contribution in [3.63, 3.8) is 0 Å². The van der Waals surface area contributed by atoms with Crippen molar-refractivity contribution in [2.75, 3.05) is 5.75 Å². The second kappa shape index (κ2) is 4.69. The minimum atomic E-state index is -0.0244. The highest BCUT2D eigenvalue weighted by atomic mass is 32.1. The van der Waals surface area contributed by atoms with Gasteiger partial charge in [0.25, 0.3) is 0 Å². The molecule has 0 fully saturated rings. The predicted octanol–water partition coefficient (Wildman–Crippen LogP) is 1.84. The molecule has 4 heteroatoms. The summed E-state index contributed by atoms with van der Waals surface area (Å²) in [7, 11) is 5.81. The highest BCUT2D eigenvalue weighted by Gasteiger charge is 2.34. The molecule has 0 N–H and O–H groups in total. The summed E-state index contributed by atoms with van der Waals surface area (Å²) in [6.07, 6.45) is 1.89. The molecule has 1 aliphatic rings. The predicted molar refractivity (Wildman–Crippen MR) is 78.0 cm³/mol. The lowest BCUT2D eigenvalue weighted by molar-refractivity contribution is 0.435. The maximum atomic E-state index is 5.81. The van der Waals surface area contributed by atoms with Crippen molar-refractivity contribution in [2.24, 2.45) is 21.5 Å². The molecular weight excluding hydrogens is 227 g/mol. The summed E-state index contributed by atoms with van der Waals surface area (Å²) >= 11 is 4.44. The zero-order valence-corrected chi connectivity index (χ0v) is 11.0. The summed E-state index contributed by atoms with van der Waals surface area (Å²) in [6.45, 7) is 4.30. The first-order valence-corrected chi connectivity index (χ1v) is 6.26. The molecule has 0 aliphatic carbocycles. The van der Waals surface area contributed by atoms with Crippen molar-refractivity contribution >= 4 is 37.9 Å². The Labute approximate surface area is 109 Å². The fourth-order valence-corrected chi connectivity index (χ4v) is 2.67. The molecule has 2 nitrogen and oxygen atoms in total. The summed E-state index contributed by atoms with van der Waals surface area (Å²) in [6, 6.07) is 7.76. The molecule has 0 bridgehead atoms. The molecule has 17 heavy (non-hydrogen) atoms. The van der Waals surface area contributed by atoms with E-state index in [1.165, 1.54) is 0 Å². The van der Waals surface area contributed by atoms with Crippen molar-refractivity contribution < 1.29 is 0 Å². The summed E-state index contributed by atoms with van der Waals surface area (Å²) in [5.41, 5.74) is 2.73. The SMILES string of the molecule is [B]c1cccc(C2=NN=CC(C)(C)C2CS)c1. The van der Waals surface area contributed by atoms with Gasteiger partial charge in [0, 0.05) is 17.5 Å². The maximum Gasteiger partial charge on any atom is 0.113 e. The van der Waals surface area contributed by atoms with E-state index in [0.717, 1.165) is 22.5 Å². The molecule has 2 radical (unpaired) electrons. The Balaban J connectivity index is 2.44. The first kappa shape index (κ1) is 12.4. The number of rotatable bonds is 2. The van der Waals surface area contributed by atoms with Crippen LogP contribution in [-0.2, 0) is 0 Å². The third-order valence-corrected chi connectivity index (χ3v) is 3.51. The minimum absolute atomic E-state index is 0.0244. The third-order valence-electron chi connectivity index (χ3n) is 3.15. The van der Waals surface area contributed by atoms with Crippen LogP contribution < -0.4 is 5.46 Å². The summed E-state index contributed by atoms with van der Waals surface area (Å²) in [5, 5.41) is 8.37. The van der Waals surface area contributed by atoms with Crippen LogP contribution in [0, 0.1) is 11.3 Å². The van der Waals surface area contributed by atoms with Crippen LogP contribution >= 0.6 is 12.6 Å². The maximum absolute atomic E-state index is 5.81. The molecule has 0 amide bonds. The number of benzene rings is 1. The molecule has 2 rings (SSSR count). The molecule has 0 aromatic heterocycles. The highest BCUT2D eigenvalue weighted by Crippen LogP contribution is 2.32. The molecule has 86 valence electrons. The second-order valence-corrected chi connectivity index (χ2v) is 5.28. The molecule has 0 spiro atoms. The quantitative estimate of drug-likeness (QED) is 0.604. The monoisotopic (exact) mass is 242 g/mol. The topological polar surface area (TPSA) is 24.7 Å². The van der Waals surface area contributed by atoms with Gasteiger partial charge in [-0.3, -0.25) is 0 Å². The van der Waals surface area contributed by atoms with Crippen LogP contribution in [0.3, 0.4) is 0 Å². The van der Waals surface area contributed by atoms with E-state index in [2.05, 4.69) is 36.7 Å². The molecular formula is C13H15BN2S. The smallest absolute Gasteiger partial charge is 0.113 e. The third kappa shape index (κ3) is 2.47. The molecule has 0 saturated heterocycles. The first-order valence-electron chi connectivity index (χ1n) is 5.63. The standard InChI is InChI=1S/C13H15BN2S/c1-13(2)8-15-16-12(11(13)7-17)9-4-3-5-10(14)6-9/h3-6,8,11,17H,7H2,1-2H3. The van der Waals surface area contributed by atoms with Crippen molar-refractivity contribution in [1.82, 2.24) is 0 Å². The van der Waals surface area contributed by atoms with Gasteiger partial charge in [-0.05, 0) is 11.3 Å². The van der Waals surface area contributed by atoms with Gasteiger partial charge < -0.3 is 0 Å². The molecule has 1 unspecified atom stereocenters.